The fourth-order valence-corrected chi connectivity index (χ4v) is 2.60. The molecule has 0 aromatic rings. The SMILES string of the molecule is CCCCCCCCCCCCCO[Si](C)C. The predicted molar refractivity (Wildman–Crippen MR) is 79.9 cm³/mol. The molecule has 1 nitrogen and oxygen atoms in total. The Kier molecular flexibility index (Phi) is 14.4. The van der Waals surface area contributed by atoms with E-state index in [1.807, 2.05) is 0 Å². The van der Waals surface area contributed by atoms with Crippen molar-refractivity contribution < 1.29 is 4.43 Å². The molecule has 17 heavy (non-hydrogen) atoms. The molecule has 0 rings (SSSR count). The van der Waals surface area contributed by atoms with Gasteiger partial charge in [-0.05, 0) is 19.5 Å². The zero-order valence-corrected chi connectivity index (χ0v) is 13.4. The van der Waals surface area contributed by atoms with Crippen LogP contribution in [0.25, 0.3) is 0 Å². The normalized spacial score (nSPS) is 11.3. The lowest BCUT2D eigenvalue weighted by molar-refractivity contribution is 0.311. The van der Waals surface area contributed by atoms with Crippen LogP contribution in [0.1, 0.15) is 77.6 Å². The van der Waals surface area contributed by atoms with Crippen LogP contribution in [0.3, 0.4) is 0 Å². The van der Waals surface area contributed by atoms with Crippen molar-refractivity contribution in [1.82, 2.24) is 0 Å². The molecule has 103 valence electrons. The Morgan fingerprint density at radius 1 is 0.647 bits per heavy atom. The minimum Gasteiger partial charge on any atom is -0.417 e. The van der Waals surface area contributed by atoms with Crippen LogP contribution in [-0.2, 0) is 4.43 Å². The van der Waals surface area contributed by atoms with Gasteiger partial charge in [-0.1, -0.05) is 71.1 Å². The smallest absolute Gasteiger partial charge is 0.204 e. The van der Waals surface area contributed by atoms with Crippen molar-refractivity contribution in [2.45, 2.75) is 90.6 Å². The lowest BCUT2D eigenvalue weighted by Gasteiger charge is -2.05. The Bertz CT molecular complexity index is 137. The first kappa shape index (κ1) is 17.2. The summed E-state index contributed by atoms with van der Waals surface area (Å²) in [5.41, 5.74) is 0. The highest BCUT2D eigenvalue weighted by Crippen LogP contribution is 2.11. The molecule has 0 fully saturated rings. The zero-order chi connectivity index (χ0) is 12.8. The van der Waals surface area contributed by atoms with Crippen LogP contribution in [0.4, 0.5) is 0 Å². The molecule has 2 heteroatoms. The van der Waals surface area contributed by atoms with Crippen LogP contribution in [0.5, 0.6) is 0 Å². The summed E-state index contributed by atoms with van der Waals surface area (Å²) in [7, 11) is -0.447. The maximum absolute atomic E-state index is 5.63. The standard InChI is InChI=1S/C15H33OSi/c1-4-5-6-7-8-9-10-11-12-13-14-15-16-17(2)3/h4-15H2,1-3H3. The van der Waals surface area contributed by atoms with Gasteiger partial charge in [0.05, 0.1) is 0 Å². The molecular weight excluding hydrogens is 224 g/mol. The molecule has 0 bridgehead atoms. The average Bonchev–Trinajstić information content (AvgIpc) is 2.30. The van der Waals surface area contributed by atoms with Crippen molar-refractivity contribution in [2.75, 3.05) is 6.61 Å². The molecule has 0 aliphatic rings. The molecule has 0 atom stereocenters. The lowest BCUT2D eigenvalue weighted by Crippen LogP contribution is -2.08. The molecule has 0 saturated carbocycles. The zero-order valence-electron chi connectivity index (χ0n) is 12.4. The van der Waals surface area contributed by atoms with Gasteiger partial charge in [0, 0.05) is 6.61 Å². The van der Waals surface area contributed by atoms with E-state index in [1.54, 1.807) is 0 Å². The molecule has 0 saturated heterocycles. The Labute approximate surface area is 111 Å². The van der Waals surface area contributed by atoms with Crippen LogP contribution < -0.4 is 0 Å². The van der Waals surface area contributed by atoms with Gasteiger partial charge in [0.15, 0.2) is 0 Å². The van der Waals surface area contributed by atoms with E-state index in [9.17, 15) is 0 Å². The second-order valence-corrected chi connectivity index (χ2v) is 7.40. The van der Waals surface area contributed by atoms with E-state index >= 15 is 0 Å². The van der Waals surface area contributed by atoms with E-state index in [-0.39, 0.29) is 0 Å². The third kappa shape index (κ3) is 16.2. The fourth-order valence-electron chi connectivity index (χ4n) is 2.04. The van der Waals surface area contributed by atoms with E-state index in [4.69, 9.17) is 4.43 Å². The number of hydrogen-bond donors (Lipinski definition) is 0. The van der Waals surface area contributed by atoms with Crippen LogP contribution >= 0.6 is 0 Å². The number of unbranched alkanes of at least 4 members (excludes halogenated alkanes) is 10. The summed E-state index contributed by atoms with van der Waals surface area (Å²) in [5, 5.41) is 0. The highest BCUT2D eigenvalue weighted by atomic mass is 28.3. The van der Waals surface area contributed by atoms with Gasteiger partial charge in [-0.15, -0.1) is 0 Å². The molecule has 0 heterocycles. The molecule has 0 aliphatic heterocycles. The summed E-state index contributed by atoms with van der Waals surface area (Å²) in [6.45, 7) is 7.70. The molecular formula is C15H33OSi. The van der Waals surface area contributed by atoms with E-state index in [1.165, 1.54) is 70.6 Å². The number of hydrogen-bond acceptors (Lipinski definition) is 1. The van der Waals surface area contributed by atoms with Crippen LogP contribution in [0.2, 0.25) is 13.1 Å². The summed E-state index contributed by atoms with van der Waals surface area (Å²) in [4.78, 5) is 0. The molecule has 0 N–H and O–H groups in total. The van der Waals surface area contributed by atoms with Crippen LogP contribution in [0.15, 0.2) is 0 Å². The van der Waals surface area contributed by atoms with Crippen molar-refractivity contribution in [3.8, 4) is 0 Å². The van der Waals surface area contributed by atoms with Crippen LogP contribution in [0, 0.1) is 0 Å². The first-order chi connectivity index (χ1) is 8.27. The van der Waals surface area contributed by atoms with Gasteiger partial charge in [-0.2, -0.15) is 0 Å². The van der Waals surface area contributed by atoms with Crippen LogP contribution in [-0.4, -0.2) is 15.6 Å². The first-order valence-electron chi connectivity index (χ1n) is 7.70. The van der Waals surface area contributed by atoms with Crippen molar-refractivity contribution in [3.63, 3.8) is 0 Å². The maximum Gasteiger partial charge on any atom is 0.204 e. The second kappa shape index (κ2) is 14.2. The van der Waals surface area contributed by atoms with E-state index < -0.39 is 9.04 Å². The van der Waals surface area contributed by atoms with Gasteiger partial charge < -0.3 is 4.43 Å². The van der Waals surface area contributed by atoms with Gasteiger partial charge in [0.1, 0.15) is 0 Å². The van der Waals surface area contributed by atoms with Gasteiger partial charge in [-0.25, -0.2) is 0 Å². The van der Waals surface area contributed by atoms with E-state index in [2.05, 4.69) is 20.0 Å². The van der Waals surface area contributed by atoms with E-state index in [0.29, 0.717) is 0 Å². The molecule has 0 amide bonds. The third-order valence-corrected chi connectivity index (χ3v) is 3.92. The molecule has 0 unspecified atom stereocenters. The molecule has 0 aromatic heterocycles. The minimum absolute atomic E-state index is 0.447. The van der Waals surface area contributed by atoms with Gasteiger partial charge in [0.2, 0.25) is 9.04 Å². The maximum atomic E-state index is 5.63. The van der Waals surface area contributed by atoms with Gasteiger partial charge >= 0.3 is 0 Å². The Balaban J connectivity index is 2.89. The van der Waals surface area contributed by atoms with Gasteiger partial charge in [-0.3, -0.25) is 0 Å². The predicted octanol–water partition coefficient (Wildman–Crippen LogP) is 5.57. The molecule has 0 aromatic carbocycles. The monoisotopic (exact) mass is 257 g/mol. The van der Waals surface area contributed by atoms with Gasteiger partial charge in [0.25, 0.3) is 0 Å². The summed E-state index contributed by atoms with van der Waals surface area (Å²) in [6.07, 6.45) is 15.5. The highest BCUT2D eigenvalue weighted by Gasteiger charge is 1.96. The molecule has 0 aliphatic carbocycles. The quantitative estimate of drug-likeness (QED) is 0.310. The van der Waals surface area contributed by atoms with Crippen molar-refractivity contribution in [3.05, 3.63) is 0 Å². The molecule has 0 spiro atoms. The Morgan fingerprint density at radius 2 is 1.06 bits per heavy atom. The first-order valence-corrected chi connectivity index (χ1v) is 10.1. The van der Waals surface area contributed by atoms with Crippen molar-refractivity contribution in [2.24, 2.45) is 0 Å². The molecule has 1 radical (unpaired) electrons. The Hall–Kier alpha value is 0.177. The minimum atomic E-state index is -0.447. The summed E-state index contributed by atoms with van der Waals surface area (Å²) in [5.74, 6) is 0. The van der Waals surface area contributed by atoms with Crippen molar-refractivity contribution >= 4 is 9.04 Å². The lowest BCUT2D eigenvalue weighted by atomic mass is 10.1. The van der Waals surface area contributed by atoms with E-state index in [0.717, 1.165) is 6.61 Å². The highest BCUT2D eigenvalue weighted by molar-refractivity contribution is 6.48. The number of rotatable bonds is 13. The van der Waals surface area contributed by atoms with Crippen molar-refractivity contribution in [1.29, 1.82) is 0 Å². The fraction of sp³-hybridized carbons (Fsp3) is 1.00. The average molecular weight is 258 g/mol. The Morgan fingerprint density at radius 3 is 1.47 bits per heavy atom. The largest absolute Gasteiger partial charge is 0.417 e. The summed E-state index contributed by atoms with van der Waals surface area (Å²) < 4.78 is 5.63. The summed E-state index contributed by atoms with van der Waals surface area (Å²) >= 11 is 0. The third-order valence-electron chi connectivity index (χ3n) is 3.14. The second-order valence-electron chi connectivity index (χ2n) is 5.29. The summed E-state index contributed by atoms with van der Waals surface area (Å²) in [6, 6.07) is 0. The topological polar surface area (TPSA) is 9.23 Å².